The summed E-state index contributed by atoms with van der Waals surface area (Å²) in [7, 11) is 0. The number of hydrogen-bond donors (Lipinski definition) is 0. The van der Waals surface area contributed by atoms with Crippen LogP contribution < -0.4 is 0 Å². The highest BCUT2D eigenvalue weighted by Gasteiger charge is 2.16. The third-order valence-corrected chi connectivity index (χ3v) is 5.25. The van der Waals surface area contributed by atoms with Crippen molar-refractivity contribution in [3.05, 3.63) is 58.7 Å². The molecule has 0 spiro atoms. The Bertz CT molecular complexity index is 1480. The zero-order chi connectivity index (χ0) is 22.1. The smallest absolute Gasteiger partial charge is 0.162 e. The highest BCUT2D eigenvalue weighted by atomic mass is 32.1. The Morgan fingerprint density at radius 3 is 2.80 bits per heavy atom. The van der Waals surface area contributed by atoms with Gasteiger partial charge < -0.3 is 4.42 Å². The van der Waals surface area contributed by atoms with Crippen LogP contribution in [0.2, 0.25) is 0 Å². The van der Waals surface area contributed by atoms with E-state index in [2.05, 4.69) is 9.97 Å². The van der Waals surface area contributed by atoms with Crippen LogP contribution in [0.25, 0.3) is 43.4 Å². The Hall–Kier alpha value is -2.72. The zero-order valence-electron chi connectivity index (χ0n) is 19.3. The van der Waals surface area contributed by atoms with Crippen molar-refractivity contribution in [2.75, 3.05) is 0 Å². The summed E-state index contributed by atoms with van der Waals surface area (Å²) in [5.41, 5.74) is 2.44. The van der Waals surface area contributed by atoms with E-state index in [0.29, 0.717) is 22.4 Å². The maximum atomic E-state index is 7.82. The van der Waals surface area contributed by atoms with Gasteiger partial charge in [0.1, 0.15) is 11.1 Å². The van der Waals surface area contributed by atoms with Gasteiger partial charge in [0.2, 0.25) is 0 Å². The van der Waals surface area contributed by atoms with Crippen LogP contribution in [0.1, 0.15) is 24.4 Å². The summed E-state index contributed by atoms with van der Waals surface area (Å²) < 4.78 is 53.7. The van der Waals surface area contributed by atoms with Gasteiger partial charge in [0.25, 0.3) is 0 Å². The molecule has 25 heavy (non-hydrogen) atoms. The third-order valence-electron chi connectivity index (χ3n) is 4.31. The van der Waals surface area contributed by atoms with E-state index in [1.54, 1.807) is 17.4 Å². The molecule has 0 fully saturated rings. The van der Waals surface area contributed by atoms with Crippen LogP contribution in [0.3, 0.4) is 0 Å². The lowest BCUT2D eigenvalue weighted by atomic mass is 10.0. The number of rotatable bonds is 1. The van der Waals surface area contributed by atoms with Gasteiger partial charge in [-0.05, 0) is 56.0 Å². The first-order chi connectivity index (χ1) is 14.5. The van der Waals surface area contributed by atoms with E-state index >= 15 is 0 Å². The highest BCUT2D eigenvalue weighted by molar-refractivity contribution is 7.18. The van der Waals surface area contributed by atoms with Gasteiger partial charge in [-0.1, -0.05) is 12.1 Å². The molecule has 0 aliphatic heterocycles. The minimum absolute atomic E-state index is 0.233. The number of aromatic nitrogens is 2. The van der Waals surface area contributed by atoms with E-state index in [1.165, 1.54) is 6.07 Å². The van der Waals surface area contributed by atoms with Crippen LogP contribution in [-0.4, -0.2) is 9.97 Å². The normalized spacial score (nSPS) is 16.4. The summed E-state index contributed by atoms with van der Waals surface area (Å²) in [5, 5.41) is 2.70. The molecule has 0 bridgehead atoms. The molecule has 0 unspecified atom stereocenters. The molecule has 3 aromatic heterocycles. The van der Waals surface area contributed by atoms with Gasteiger partial charge in [-0.15, -0.1) is 11.3 Å². The summed E-state index contributed by atoms with van der Waals surface area (Å²) in [5.74, 6) is 0. The second-order valence-corrected chi connectivity index (χ2v) is 7.16. The van der Waals surface area contributed by atoms with Crippen molar-refractivity contribution in [2.45, 2.75) is 20.6 Å². The van der Waals surface area contributed by atoms with Crippen molar-refractivity contribution >= 4 is 43.5 Å². The van der Waals surface area contributed by atoms with Gasteiger partial charge in [-0.2, -0.15) is 0 Å². The Labute approximate surface area is 157 Å². The highest BCUT2D eigenvalue weighted by Crippen LogP contribution is 2.39. The van der Waals surface area contributed by atoms with E-state index in [1.807, 2.05) is 31.2 Å². The second-order valence-electron chi connectivity index (χ2n) is 5.92. The number of pyridine rings is 1. The van der Waals surface area contributed by atoms with Gasteiger partial charge in [0.15, 0.2) is 5.58 Å². The van der Waals surface area contributed by atoms with Gasteiger partial charge >= 0.3 is 0 Å². The predicted octanol–water partition coefficient (Wildman–Crippen LogP) is 6.18. The number of benzene rings is 2. The van der Waals surface area contributed by atoms with Crippen LogP contribution in [0.5, 0.6) is 0 Å². The first-order valence-electron chi connectivity index (χ1n) is 10.8. The van der Waals surface area contributed by atoms with Crippen molar-refractivity contribution in [1.82, 2.24) is 9.97 Å². The summed E-state index contributed by atoms with van der Waals surface area (Å²) in [4.78, 5) is 8.89. The fourth-order valence-corrected chi connectivity index (χ4v) is 3.99. The molecule has 0 radical (unpaired) electrons. The number of furan rings is 1. The fraction of sp³-hybridized carbons (Fsp3) is 0.143. The number of nitrogens with zero attached hydrogens (tertiary/aromatic N) is 2. The van der Waals surface area contributed by atoms with Crippen LogP contribution in [0.15, 0.2) is 47.0 Å². The second kappa shape index (κ2) is 5.14. The van der Waals surface area contributed by atoms with E-state index < -0.39 is 13.7 Å². The summed E-state index contributed by atoms with van der Waals surface area (Å²) in [6.45, 7) is -3.22. The van der Waals surface area contributed by atoms with Crippen molar-refractivity contribution < 1.29 is 12.6 Å². The number of hydrogen-bond acceptors (Lipinski definition) is 4. The van der Waals surface area contributed by atoms with E-state index in [0.717, 1.165) is 32.2 Å². The molecule has 0 amide bonds. The molecule has 5 rings (SSSR count). The Kier molecular flexibility index (Phi) is 1.99. The largest absolute Gasteiger partial charge is 0.453 e. The maximum absolute atomic E-state index is 7.82. The molecule has 0 aliphatic carbocycles. The number of para-hydroxylation sites is 1. The lowest BCUT2D eigenvalue weighted by Crippen LogP contribution is -1.88. The van der Waals surface area contributed by atoms with Gasteiger partial charge in [-0.3, -0.25) is 4.98 Å². The monoisotopic (exact) mass is 350 g/mol. The quantitative estimate of drug-likeness (QED) is 0.362. The lowest BCUT2D eigenvalue weighted by Gasteiger charge is -2.05. The van der Waals surface area contributed by atoms with Gasteiger partial charge in [0, 0.05) is 30.8 Å². The molecule has 0 saturated heterocycles. The molecule has 0 saturated carbocycles. The lowest BCUT2D eigenvalue weighted by molar-refractivity contribution is 0.672. The molecular weight excluding hydrogens is 328 g/mol. The molecule has 3 heterocycles. The molecule has 0 aliphatic rings. The maximum Gasteiger partial charge on any atom is 0.162 e. The van der Waals surface area contributed by atoms with Gasteiger partial charge in [0.05, 0.1) is 15.4 Å². The first-order valence-corrected chi connectivity index (χ1v) is 8.58. The molecule has 0 N–H and O–H groups in total. The third kappa shape index (κ3) is 2.11. The SMILES string of the molecule is [2H]C([2H])([2H])c1cnc(-c2cccc3c2oc2c3ccc3sc(C)nc32)cc1C([2H])([2H])[2H]. The Balaban J connectivity index is 1.80. The Morgan fingerprint density at radius 2 is 1.92 bits per heavy atom. The fourth-order valence-electron chi connectivity index (χ4n) is 3.16. The average Bonchev–Trinajstić information content (AvgIpc) is 3.25. The molecule has 2 aromatic carbocycles. The minimum atomic E-state index is -2.59. The van der Waals surface area contributed by atoms with E-state index in [4.69, 9.17) is 12.6 Å². The van der Waals surface area contributed by atoms with Gasteiger partial charge in [-0.25, -0.2) is 4.98 Å². The minimum Gasteiger partial charge on any atom is -0.453 e. The van der Waals surface area contributed by atoms with E-state index in [9.17, 15) is 0 Å². The molecule has 0 atom stereocenters. The zero-order valence-corrected chi connectivity index (χ0v) is 14.1. The summed E-state index contributed by atoms with van der Waals surface area (Å²) in [6.07, 6.45) is 1.13. The van der Waals surface area contributed by atoms with Crippen LogP contribution in [-0.2, 0) is 0 Å². The molecule has 3 nitrogen and oxygen atoms in total. The summed E-state index contributed by atoms with van der Waals surface area (Å²) >= 11 is 1.59. The van der Waals surface area contributed by atoms with Crippen molar-refractivity contribution in [1.29, 1.82) is 0 Å². The molecule has 4 heteroatoms. The van der Waals surface area contributed by atoms with Crippen molar-refractivity contribution in [3.63, 3.8) is 0 Å². The predicted molar refractivity (Wildman–Crippen MR) is 104 cm³/mol. The number of fused-ring (bicyclic) bond motifs is 5. The van der Waals surface area contributed by atoms with Crippen LogP contribution in [0.4, 0.5) is 0 Å². The van der Waals surface area contributed by atoms with Crippen molar-refractivity contribution in [3.8, 4) is 11.3 Å². The standard InChI is InChI=1S/C21H16N2OS/c1-11-9-17(22-10-12(11)2)16-6-4-5-14-15-7-8-18-19(23-13(3)25-18)21(15)24-20(14)16/h4-10H,1-3H3/i1D3,2D3. The molecule has 122 valence electrons. The Morgan fingerprint density at radius 1 is 1.04 bits per heavy atom. The van der Waals surface area contributed by atoms with Crippen LogP contribution in [0, 0.1) is 20.6 Å². The number of thiazole rings is 1. The van der Waals surface area contributed by atoms with Crippen LogP contribution >= 0.6 is 11.3 Å². The average molecular weight is 350 g/mol. The molecule has 5 aromatic rings. The number of aryl methyl sites for hydroxylation is 3. The summed E-state index contributed by atoms with van der Waals surface area (Å²) in [6, 6.07) is 10.9. The van der Waals surface area contributed by atoms with Crippen molar-refractivity contribution in [2.24, 2.45) is 0 Å². The molecular formula is C21H16N2OS. The topological polar surface area (TPSA) is 38.9 Å². The van der Waals surface area contributed by atoms with E-state index in [-0.39, 0.29) is 11.1 Å². The first kappa shape index (κ1) is 9.68.